The molecule has 2 rings (SSSR count). The van der Waals surface area contributed by atoms with E-state index >= 15 is 0 Å². The predicted octanol–water partition coefficient (Wildman–Crippen LogP) is 1.25. The molecule has 112 valence electrons. The van der Waals surface area contributed by atoms with E-state index in [2.05, 4.69) is 5.32 Å². The largest absolute Gasteiger partial charge is 0.381 e. The lowest BCUT2D eigenvalue weighted by molar-refractivity contribution is 0.0420. The Labute approximate surface area is 122 Å². The second-order valence-corrected chi connectivity index (χ2v) is 7.80. The molecule has 1 N–H and O–H groups in total. The summed E-state index contributed by atoms with van der Waals surface area (Å²) in [6.07, 6.45) is 2.78. The Morgan fingerprint density at radius 1 is 1.45 bits per heavy atom. The van der Waals surface area contributed by atoms with Crippen molar-refractivity contribution in [3.05, 3.63) is 18.0 Å². The maximum absolute atomic E-state index is 12.3. The van der Waals surface area contributed by atoms with Crippen molar-refractivity contribution in [2.45, 2.75) is 30.2 Å². The number of rotatable bonds is 3. The van der Waals surface area contributed by atoms with E-state index in [0.717, 1.165) is 12.8 Å². The molecular formula is C12H17ClN2O4S. The van der Waals surface area contributed by atoms with Gasteiger partial charge in [0.05, 0.1) is 0 Å². The number of nitrogens with zero attached hydrogens (tertiary/aromatic N) is 1. The first-order valence-electron chi connectivity index (χ1n) is 6.23. The number of amides is 1. The maximum atomic E-state index is 12.3. The lowest BCUT2D eigenvalue weighted by atomic mass is 9.92. The summed E-state index contributed by atoms with van der Waals surface area (Å²) in [6.45, 7) is 3.16. The van der Waals surface area contributed by atoms with Crippen LogP contribution in [0.5, 0.6) is 0 Å². The number of carbonyl (C=O) groups is 1. The molecule has 0 bridgehead atoms. The zero-order chi connectivity index (χ0) is 15.0. The average molecular weight is 321 g/mol. The van der Waals surface area contributed by atoms with Gasteiger partial charge in [0, 0.05) is 42.7 Å². The van der Waals surface area contributed by atoms with E-state index in [0.29, 0.717) is 13.2 Å². The van der Waals surface area contributed by atoms with Gasteiger partial charge in [-0.3, -0.25) is 4.79 Å². The van der Waals surface area contributed by atoms with Crippen molar-refractivity contribution in [3.8, 4) is 0 Å². The molecule has 1 aromatic heterocycles. The van der Waals surface area contributed by atoms with Gasteiger partial charge in [0.25, 0.3) is 15.0 Å². The predicted molar refractivity (Wildman–Crippen MR) is 74.4 cm³/mol. The first kappa shape index (κ1) is 15.3. The number of hydrogen-bond acceptors (Lipinski definition) is 4. The lowest BCUT2D eigenvalue weighted by Gasteiger charge is -2.34. The molecule has 8 heteroatoms. The molecule has 0 aromatic carbocycles. The summed E-state index contributed by atoms with van der Waals surface area (Å²) in [4.78, 5) is 12.2. The van der Waals surface area contributed by atoms with E-state index in [1.165, 1.54) is 16.8 Å². The molecule has 20 heavy (non-hydrogen) atoms. The molecule has 1 saturated heterocycles. The Morgan fingerprint density at radius 2 is 2.05 bits per heavy atom. The van der Waals surface area contributed by atoms with Gasteiger partial charge < -0.3 is 14.6 Å². The number of aryl methyl sites for hydroxylation is 1. The van der Waals surface area contributed by atoms with Gasteiger partial charge in [0.2, 0.25) is 0 Å². The van der Waals surface area contributed by atoms with Crippen molar-refractivity contribution in [1.82, 2.24) is 9.88 Å². The SMILES string of the molecule is Cn1cc(S(=O)(=O)Cl)cc1C(=O)NC1(C)CCOCC1. The second-order valence-electron chi connectivity index (χ2n) is 5.24. The normalized spacial score (nSPS) is 18.8. The van der Waals surface area contributed by atoms with Crippen LogP contribution in [0, 0.1) is 0 Å². The van der Waals surface area contributed by atoms with Crippen LogP contribution in [0.2, 0.25) is 0 Å². The van der Waals surface area contributed by atoms with E-state index in [4.69, 9.17) is 15.4 Å². The van der Waals surface area contributed by atoms with Crippen LogP contribution >= 0.6 is 10.7 Å². The van der Waals surface area contributed by atoms with Crippen molar-refractivity contribution < 1.29 is 17.9 Å². The molecule has 0 spiro atoms. The van der Waals surface area contributed by atoms with Gasteiger partial charge >= 0.3 is 0 Å². The summed E-state index contributed by atoms with van der Waals surface area (Å²) in [5, 5.41) is 2.94. The van der Waals surface area contributed by atoms with Gasteiger partial charge in [-0.25, -0.2) is 8.42 Å². The molecule has 1 fully saturated rings. The van der Waals surface area contributed by atoms with E-state index in [-0.39, 0.29) is 22.0 Å². The molecule has 1 aliphatic heterocycles. The smallest absolute Gasteiger partial charge is 0.268 e. The summed E-state index contributed by atoms with van der Waals surface area (Å²) < 4.78 is 29.3. The van der Waals surface area contributed by atoms with E-state index in [9.17, 15) is 13.2 Å². The molecule has 0 atom stereocenters. The van der Waals surface area contributed by atoms with Crippen LogP contribution in [0.15, 0.2) is 17.2 Å². The highest BCUT2D eigenvalue weighted by Gasteiger charge is 2.30. The third-order valence-electron chi connectivity index (χ3n) is 3.51. The fraction of sp³-hybridized carbons (Fsp3) is 0.583. The monoisotopic (exact) mass is 320 g/mol. The molecule has 0 saturated carbocycles. The Kier molecular flexibility index (Phi) is 4.13. The molecule has 0 aliphatic carbocycles. The number of aromatic nitrogens is 1. The average Bonchev–Trinajstić information content (AvgIpc) is 2.71. The standard InChI is InChI=1S/C12H17ClN2O4S/c1-12(3-5-19-6-4-12)14-11(16)10-7-9(8-15(10)2)20(13,17)18/h7-8H,3-6H2,1-2H3,(H,14,16). The van der Waals surface area contributed by atoms with Gasteiger partial charge in [-0.1, -0.05) is 0 Å². The first-order chi connectivity index (χ1) is 9.21. The van der Waals surface area contributed by atoms with Crippen molar-refractivity contribution in [1.29, 1.82) is 0 Å². The zero-order valence-corrected chi connectivity index (χ0v) is 12.9. The fourth-order valence-electron chi connectivity index (χ4n) is 2.18. The van der Waals surface area contributed by atoms with Crippen molar-refractivity contribution >= 4 is 25.6 Å². The number of carbonyl (C=O) groups excluding carboxylic acids is 1. The third kappa shape index (κ3) is 3.34. The fourth-order valence-corrected chi connectivity index (χ4v) is 2.97. The van der Waals surface area contributed by atoms with Crippen molar-refractivity contribution in [3.63, 3.8) is 0 Å². The van der Waals surface area contributed by atoms with Crippen LogP contribution in [0.3, 0.4) is 0 Å². The molecule has 1 aliphatic rings. The summed E-state index contributed by atoms with van der Waals surface area (Å²) in [7, 11) is 3.05. The lowest BCUT2D eigenvalue weighted by Crippen LogP contribution is -2.49. The summed E-state index contributed by atoms with van der Waals surface area (Å²) in [5.41, 5.74) is -0.0727. The maximum Gasteiger partial charge on any atom is 0.268 e. The van der Waals surface area contributed by atoms with Gasteiger partial charge in [-0.05, 0) is 25.8 Å². The summed E-state index contributed by atoms with van der Waals surface area (Å²) in [6, 6.07) is 1.28. The van der Waals surface area contributed by atoms with Crippen molar-refractivity contribution in [2.24, 2.45) is 7.05 Å². The summed E-state index contributed by atoms with van der Waals surface area (Å²) >= 11 is 0. The van der Waals surface area contributed by atoms with Crippen molar-refractivity contribution in [2.75, 3.05) is 13.2 Å². The van der Waals surface area contributed by atoms with Gasteiger partial charge in [-0.15, -0.1) is 0 Å². The van der Waals surface area contributed by atoms with Crippen LogP contribution in [-0.4, -0.2) is 37.6 Å². The Bertz CT molecular complexity index is 617. The highest BCUT2D eigenvalue weighted by molar-refractivity contribution is 8.13. The van der Waals surface area contributed by atoms with Gasteiger partial charge in [0.1, 0.15) is 10.6 Å². The number of ether oxygens (including phenoxy) is 1. The van der Waals surface area contributed by atoms with E-state index < -0.39 is 9.05 Å². The molecule has 1 aromatic rings. The Hall–Kier alpha value is -1.05. The van der Waals surface area contributed by atoms with Crippen LogP contribution in [0.1, 0.15) is 30.3 Å². The van der Waals surface area contributed by atoms with Gasteiger partial charge in [0.15, 0.2) is 0 Å². The number of halogens is 1. The highest BCUT2D eigenvalue weighted by Crippen LogP contribution is 2.22. The molecule has 6 nitrogen and oxygen atoms in total. The summed E-state index contributed by atoms with van der Waals surface area (Å²) in [5.74, 6) is -0.316. The van der Waals surface area contributed by atoms with E-state index in [1.807, 2.05) is 6.92 Å². The van der Waals surface area contributed by atoms with Gasteiger partial charge in [-0.2, -0.15) is 0 Å². The molecule has 0 unspecified atom stereocenters. The van der Waals surface area contributed by atoms with Crippen LogP contribution < -0.4 is 5.32 Å². The van der Waals surface area contributed by atoms with Crippen LogP contribution in [0.4, 0.5) is 0 Å². The highest BCUT2D eigenvalue weighted by atomic mass is 35.7. The quantitative estimate of drug-likeness (QED) is 0.850. The molecule has 1 amide bonds. The minimum Gasteiger partial charge on any atom is -0.381 e. The zero-order valence-electron chi connectivity index (χ0n) is 11.3. The minimum absolute atomic E-state index is 0.0797. The second kappa shape index (κ2) is 5.38. The molecule has 0 radical (unpaired) electrons. The minimum atomic E-state index is -3.83. The number of nitrogens with one attached hydrogen (secondary N) is 1. The van der Waals surface area contributed by atoms with E-state index in [1.54, 1.807) is 7.05 Å². The molecule has 2 heterocycles. The third-order valence-corrected chi connectivity index (χ3v) is 4.83. The Morgan fingerprint density at radius 3 is 2.55 bits per heavy atom. The number of hydrogen-bond donors (Lipinski definition) is 1. The van der Waals surface area contributed by atoms with Crippen LogP contribution in [0.25, 0.3) is 0 Å². The topological polar surface area (TPSA) is 77.4 Å². The molecular weight excluding hydrogens is 304 g/mol. The Balaban J connectivity index is 2.19. The first-order valence-corrected chi connectivity index (χ1v) is 8.53. The van der Waals surface area contributed by atoms with Crippen LogP contribution in [-0.2, 0) is 20.8 Å².